The Kier molecular flexibility index (Phi) is 3.23. The van der Waals surface area contributed by atoms with Gasteiger partial charge in [-0.1, -0.05) is 20.8 Å². The SMILES string of the molecule is CCC(C)(C)CNc1cncnc1. The van der Waals surface area contributed by atoms with Crippen molar-refractivity contribution in [1.29, 1.82) is 0 Å². The maximum absolute atomic E-state index is 3.94. The molecular weight excluding hydrogens is 162 g/mol. The fourth-order valence-electron chi connectivity index (χ4n) is 0.857. The molecule has 72 valence electrons. The van der Waals surface area contributed by atoms with Gasteiger partial charge in [0.05, 0.1) is 18.1 Å². The summed E-state index contributed by atoms with van der Waals surface area (Å²) in [6, 6.07) is 0. The van der Waals surface area contributed by atoms with Gasteiger partial charge in [0.1, 0.15) is 6.33 Å². The quantitative estimate of drug-likeness (QED) is 0.770. The van der Waals surface area contributed by atoms with Crippen LogP contribution in [0.5, 0.6) is 0 Å². The molecule has 0 saturated carbocycles. The standard InChI is InChI=1S/C10H17N3/c1-4-10(2,3)7-13-9-5-11-8-12-6-9/h5-6,8,13H,4,7H2,1-3H3. The number of rotatable bonds is 4. The Bertz CT molecular complexity index is 244. The Morgan fingerprint density at radius 1 is 1.31 bits per heavy atom. The second-order valence-corrected chi connectivity index (χ2v) is 4.00. The molecule has 3 heteroatoms. The van der Waals surface area contributed by atoms with Crippen LogP contribution in [0, 0.1) is 5.41 Å². The first-order valence-electron chi connectivity index (χ1n) is 4.63. The average molecular weight is 179 g/mol. The van der Waals surface area contributed by atoms with Crippen LogP contribution in [0.2, 0.25) is 0 Å². The van der Waals surface area contributed by atoms with Gasteiger partial charge < -0.3 is 5.32 Å². The predicted molar refractivity (Wildman–Crippen MR) is 54.6 cm³/mol. The van der Waals surface area contributed by atoms with E-state index in [1.807, 2.05) is 0 Å². The third kappa shape index (κ3) is 3.40. The highest BCUT2D eigenvalue weighted by molar-refractivity contribution is 5.37. The van der Waals surface area contributed by atoms with Crippen molar-refractivity contribution in [2.75, 3.05) is 11.9 Å². The third-order valence-electron chi connectivity index (χ3n) is 2.29. The first-order chi connectivity index (χ1) is 6.14. The van der Waals surface area contributed by atoms with E-state index >= 15 is 0 Å². The smallest absolute Gasteiger partial charge is 0.115 e. The van der Waals surface area contributed by atoms with Crippen LogP contribution in [-0.2, 0) is 0 Å². The summed E-state index contributed by atoms with van der Waals surface area (Å²) in [6.07, 6.45) is 6.28. The molecular formula is C10H17N3. The second-order valence-electron chi connectivity index (χ2n) is 4.00. The highest BCUT2D eigenvalue weighted by Crippen LogP contribution is 2.19. The molecule has 0 saturated heterocycles. The van der Waals surface area contributed by atoms with Gasteiger partial charge in [-0.3, -0.25) is 0 Å². The summed E-state index contributed by atoms with van der Waals surface area (Å²) in [5, 5.41) is 3.31. The Morgan fingerprint density at radius 2 is 1.92 bits per heavy atom. The molecule has 0 amide bonds. The average Bonchev–Trinajstić information content (AvgIpc) is 2.17. The minimum atomic E-state index is 0.329. The van der Waals surface area contributed by atoms with E-state index in [1.54, 1.807) is 12.4 Å². The van der Waals surface area contributed by atoms with Gasteiger partial charge in [-0.05, 0) is 11.8 Å². The number of anilines is 1. The van der Waals surface area contributed by atoms with E-state index in [9.17, 15) is 0 Å². The van der Waals surface area contributed by atoms with Gasteiger partial charge in [-0.15, -0.1) is 0 Å². The van der Waals surface area contributed by atoms with Gasteiger partial charge in [-0.25, -0.2) is 9.97 Å². The van der Waals surface area contributed by atoms with Crippen LogP contribution < -0.4 is 5.32 Å². The van der Waals surface area contributed by atoms with Crippen molar-refractivity contribution < 1.29 is 0 Å². The lowest BCUT2D eigenvalue weighted by Gasteiger charge is -2.23. The molecule has 1 aromatic rings. The molecule has 0 bridgehead atoms. The van der Waals surface area contributed by atoms with Crippen LogP contribution in [0.1, 0.15) is 27.2 Å². The predicted octanol–water partition coefficient (Wildman–Crippen LogP) is 2.32. The summed E-state index contributed by atoms with van der Waals surface area (Å²) in [6.45, 7) is 7.63. The van der Waals surface area contributed by atoms with Crippen molar-refractivity contribution in [1.82, 2.24) is 9.97 Å². The van der Waals surface area contributed by atoms with E-state index in [0.29, 0.717) is 5.41 Å². The lowest BCUT2D eigenvalue weighted by molar-refractivity contribution is 0.377. The number of nitrogens with one attached hydrogen (secondary N) is 1. The van der Waals surface area contributed by atoms with Crippen molar-refractivity contribution >= 4 is 5.69 Å². The van der Waals surface area contributed by atoms with Gasteiger partial charge in [0.2, 0.25) is 0 Å². The maximum atomic E-state index is 3.94. The van der Waals surface area contributed by atoms with E-state index in [-0.39, 0.29) is 0 Å². The summed E-state index contributed by atoms with van der Waals surface area (Å²) in [5.74, 6) is 0. The summed E-state index contributed by atoms with van der Waals surface area (Å²) < 4.78 is 0. The molecule has 1 aromatic heterocycles. The Hall–Kier alpha value is -1.12. The fraction of sp³-hybridized carbons (Fsp3) is 0.600. The molecule has 1 rings (SSSR count). The molecule has 0 unspecified atom stereocenters. The van der Waals surface area contributed by atoms with E-state index in [1.165, 1.54) is 6.33 Å². The van der Waals surface area contributed by atoms with Crippen molar-refractivity contribution in [2.45, 2.75) is 27.2 Å². The van der Waals surface area contributed by atoms with E-state index in [2.05, 4.69) is 36.1 Å². The summed E-state index contributed by atoms with van der Waals surface area (Å²) >= 11 is 0. The van der Waals surface area contributed by atoms with Crippen molar-refractivity contribution in [3.8, 4) is 0 Å². The summed E-state index contributed by atoms with van der Waals surface area (Å²) in [5.41, 5.74) is 1.32. The van der Waals surface area contributed by atoms with Gasteiger partial charge in [0.15, 0.2) is 0 Å². The molecule has 3 nitrogen and oxygen atoms in total. The van der Waals surface area contributed by atoms with Gasteiger partial charge in [0.25, 0.3) is 0 Å². The van der Waals surface area contributed by atoms with Crippen LogP contribution in [0.4, 0.5) is 5.69 Å². The molecule has 0 fully saturated rings. The molecule has 1 heterocycles. The van der Waals surface area contributed by atoms with E-state index in [0.717, 1.165) is 18.7 Å². The minimum absolute atomic E-state index is 0.329. The second kappa shape index (κ2) is 4.21. The third-order valence-corrected chi connectivity index (χ3v) is 2.29. The number of aromatic nitrogens is 2. The first-order valence-corrected chi connectivity index (χ1v) is 4.63. The summed E-state index contributed by atoms with van der Waals surface area (Å²) in [7, 11) is 0. The summed E-state index contributed by atoms with van der Waals surface area (Å²) in [4.78, 5) is 7.88. The Balaban J connectivity index is 2.44. The lowest BCUT2D eigenvalue weighted by Crippen LogP contribution is -2.22. The molecule has 0 radical (unpaired) electrons. The Labute approximate surface area is 79.6 Å². The molecule has 0 aliphatic rings. The van der Waals surface area contributed by atoms with Crippen LogP contribution in [0.15, 0.2) is 18.7 Å². The van der Waals surface area contributed by atoms with Crippen molar-refractivity contribution in [3.63, 3.8) is 0 Å². The maximum Gasteiger partial charge on any atom is 0.115 e. The van der Waals surface area contributed by atoms with E-state index < -0.39 is 0 Å². The molecule has 0 spiro atoms. The minimum Gasteiger partial charge on any atom is -0.382 e. The zero-order chi connectivity index (χ0) is 9.73. The van der Waals surface area contributed by atoms with Crippen LogP contribution in [-0.4, -0.2) is 16.5 Å². The molecule has 13 heavy (non-hydrogen) atoms. The molecule has 1 N–H and O–H groups in total. The van der Waals surface area contributed by atoms with Crippen LogP contribution >= 0.6 is 0 Å². The monoisotopic (exact) mass is 179 g/mol. The zero-order valence-corrected chi connectivity index (χ0v) is 8.54. The van der Waals surface area contributed by atoms with Gasteiger partial charge >= 0.3 is 0 Å². The topological polar surface area (TPSA) is 37.8 Å². The molecule has 0 aromatic carbocycles. The lowest BCUT2D eigenvalue weighted by atomic mass is 9.90. The normalized spacial score (nSPS) is 11.3. The number of hydrogen-bond acceptors (Lipinski definition) is 3. The van der Waals surface area contributed by atoms with Crippen molar-refractivity contribution in [2.24, 2.45) is 5.41 Å². The highest BCUT2D eigenvalue weighted by atomic mass is 14.9. The van der Waals surface area contributed by atoms with E-state index in [4.69, 9.17) is 0 Å². The van der Waals surface area contributed by atoms with Gasteiger partial charge in [-0.2, -0.15) is 0 Å². The van der Waals surface area contributed by atoms with Crippen molar-refractivity contribution in [3.05, 3.63) is 18.7 Å². The molecule has 0 aliphatic carbocycles. The van der Waals surface area contributed by atoms with Crippen LogP contribution in [0.25, 0.3) is 0 Å². The number of nitrogens with zero attached hydrogens (tertiary/aromatic N) is 2. The molecule has 0 aliphatic heterocycles. The molecule has 0 atom stereocenters. The van der Waals surface area contributed by atoms with Gasteiger partial charge in [0, 0.05) is 6.54 Å². The zero-order valence-electron chi connectivity index (χ0n) is 8.54. The first kappa shape index (κ1) is 9.96. The largest absolute Gasteiger partial charge is 0.382 e. The number of hydrogen-bond donors (Lipinski definition) is 1. The Morgan fingerprint density at radius 3 is 2.46 bits per heavy atom. The fourth-order valence-corrected chi connectivity index (χ4v) is 0.857. The van der Waals surface area contributed by atoms with Crippen LogP contribution in [0.3, 0.4) is 0 Å². The highest BCUT2D eigenvalue weighted by Gasteiger charge is 2.13.